The predicted molar refractivity (Wildman–Crippen MR) is 47.0 cm³/mol. The van der Waals surface area contributed by atoms with Crippen LogP contribution in [0.3, 0.4) is 0 Å². The second-order valence-corrected chi connectivity index (χ2v) is 2.24. The van der Waals surface area contributed by atoms with E-state index in [1.54, 1.807) is 12.3 Å². The van der Waals surface area contributed by atoms with E-state index in [4.69, 9.17) is 6.42 Å². The molecule has 0 fully saturated rings. The Balaban J connectivity index is 3.38. The molecular weight excluding hydrogens is 134 g/mol. The third-order valence-corrected chi connectivity index (χ3v) is 1.55. The average Bonchev–Trinajstić information content (AvgIpc) is 2.04. The Morgan fingerprint density at radius 3 is 2.91 bits per heavy atom. The van der Waals surface area contributed by atoms with Gasteiger partial charge in [0.1, 0.15) is 5.69 Å². The highest BCUT2D eigenvalue weighted by atomic mass is 14.7. The second kappa shape index (κ2) is 3.03. The van der Waals surface area contributed by atoms with Crippen molar-refractivity contribution < 1.29 is 0 Å². The molecule has 54 valence electrons. The lowest BCUT2D eigenvalue weighted by Crippen LogP contribution is -1.89. The largest absolute Gasteiger partial charge is 0.247 e. The van der Waals surface area contributed by atoms with Crippen molar-refractivity contribution in [3.8, 4) is 12.3 Å². The summed E-state index contributed by atoms with van der Waals surface area (Å²) in [6.07, 6.45) is 8.67. The van der Waals surface area contributed by atoms with E-state index >= 15 is 0 Å². The molecule has 11 heavy (non-hydrogen) atoms. The standard InChI is InChI=1S/C10H9N/c1-4-9-8(3)6-7-11-10(9)5-2/h2,4,6-7H,1H2,3H3. The van der Waals surface area contributed by atoms with Crippen LogP contribution in [0.15, 0.2) is 18.8 Å². The molecule has 1 aromatic heterocycles. The van der Waals surface area contributed by atoms with Crippen molar-refractivity contribution in [2.24, 2.45) is 0 Å². The first-order chi connectivity index (χ1) is 5.29. The molecule has 0 aromatic carbocycles. The van der Waals surface area contributed by atoms with E-state index in [0.717, 1.165) is 11.1 Å². The smallest absolute Gasteiger partial charge is 0.120 e. The zero-order valence-corrected chi connectivity index (χ0v) is 6.46. The summed E-state index contributed by atoms with van der Waals surface area (Å²) in [5.41, 5.74) is 2.73. The van der Waals surface area contributed by atoms with Crippen LogP contribution in [0.25, 0.3) is 6.08 Å². The van der Waals surface area contributed by atoms with Crippen LogP contribution in [-0.2, 0) is 0 Å². The zero-order chi connectivity index (χ0) is 8.27. The molecule has 0 spiro atoms. The number of terminal acetylenes is 1. The maximum atomic E-state index is 5.23. The van der Waals surface area contributed by atoms with Crippen LogP contribution in [0.2, 0.25) is 0 Å². The minimum atomic E-state index is 0.667. The Morgan fingerprint density at radius 1 is 1.73 bits per heavy atom. The van der Waals surface area contributed by atoms with E-state index < -0.39 is 0 Å². The number of hydrogen-bond donors (Lipinski definition) is 0. The van der Waals surface area contributed by atoms with Crippen LogP contribution in [0.4, 0.5) is 0 Å². The molecule has 1 aromatic rings. The first-order valence-electron chi connectivity index (χ1n) is 3.34. The van der Waals surface area contributed by atoms with Crippen LogP contribution in [-0.4, -0.2) is 4.98 Å². The Hall–Kier alpha value is -1.55. The fourth-order valence-corrected chi connectivity index (χ4v) is 0.942. The number of pyridine rings is 1. The molecule has 0 aliphatic rings. The molecule has 0 atom stereocenters. The van der Waals surface area contributed by atoms with Crippen LogP contribution in [0, 0.1) is 19.3 Å². The lowest BCUT2D eigenvalue weighted by Gasteiger charge is -2.00. The Labute approximate surface area is 66.8 Å². The molecule has 1 nitrogen and oxygen atoms in total. The lowest BCUT2D eigenvalue weighted by atomic mass is 10.1. The van der Waals surface area contributed by atoms with E-state index in [1.807, 2.05) is 13.0 Å². The van der Waals surface area contributed by atoms with Gasteiger partial charge < -0.3 is 0 Å². The molecule has 0 aliphatic heterocycles. The molecule has 1 heteroatoms. The predicted octanol–water partition coefficient (Wildman–Crippen LogP) is 2.01. The molecule has 0 radical (unpaired) electrons. The molecule has 0 saturated carbocycles. The topological polar surface area (TPSA) is 12.9 Å². The monoisotopic (exact) mass is 143 g/mol. The number of aromatic nitrogens is 1. The normalized spacial score (nSPS) is 8.73. The molecule has 1 heterocycles. The summed E-state index contributed by atoms with van der Waals surface area (Å²) in [4.78, 5) is 4.02. The van der Waals surface area contributed by atoms with Gasteiger partial charge in [0.15, 0.2) is 0 Å². The van der Waals surface area contributed by atoms with E-state index in [2.05, 4.69) is 17.5 Å². The van der Waals surface area contributed by atoms with Gasteiger partial charge in [0.05, 0.1) is 0 Å². The van der Waals surface area contributed by atoms with Gasteiger partial charge in [-0.05, 0) is 24.5 Å². The third kappa shape index (κ3) is 1.30. The minimum Gasteiger partial charge on any atom is -0.247 e. The van der Waals surface area contributed by atoms with Gasteiger partial charge in [-0.25, -0.2) is 4.98 Å². The van der Waals surface area contributed by atoms with Crippen LogP contribution < -0.4 is 0 Å². The van der Waals surface area contributed by atoms with Crippen molar-refractivity contribution in [1.29, 1.82) is 0 Å². The number of aryl methyl sites for hydroxylation is 1. The van der Waals surface area contributed by atoms with Gasteiger partial charge in [0, 0.05) is 11.8 Å². The maximum Gasteiger partial charge on any atom is 0.120 e. The highest BCUT2D eigenvalue weighted by molar-refractivity contribution is 5.57. The molecule has 1 rings (SSSR count). The van der Waals surface area contributed by atoms with Crippen molar-refractivity contribution in [2.45, 2.75) is 6.92 Å². The average molecular weight is 143 g/mol. The highest BCUT2D eigenvalue weighted by Gasteiger charge is 1.98. The fourth-order valence-electron chi connectivity index (χ4n) is 0.942. The van der Waals surface area contributed by atoms with Crippen LogP contribution >= 0.6 is 0 Å². The number of rotatable bonds is 1. The van der Waals surface area contributed by atoms with Gasteiger partial charge in [-0.15, -0.1) is 6.42 Å². The quantitative estimate of drug-likeness (QED) is 0.548. The SMILES string of the molecule is C#Cc1nccc(C)c1C=C. The van der Waals surface area contributed by atoms with Gasteiger partial charge in [-0.1, -0.05) is 12.7 Å². The third-order valence-electron chi connectivity index (χ3n) is 1.55. The van der Waals surface area contributed by atoms with Crippen molar-refractivity contribution in [3.05, 3.63) is 35.7 Å². The Morgan fingerprint density at radius 2 is 2.45 bits per heavy atom. The minimum absolute atomic E-state index is 0.667. The van der Waals surface area contributed by atoms with Crippen LogP contribution in [0.5, 0.6) is 0 Å². The lowest BCUT2D eigenvalue weighted by molar-refractivity contribution is 1.24. The molecule has 0 bridgehead atoms. The van der Waals surface area contributed by atoms with E-state index in [-0.39, 0.29) is 0 Å². The molecule has 0 N–H and O–H groups in total. The first kappa shape index (κ1) is 7.56. The van der Waals surface area contributed by atoms with Crippen molar-refractivity contribution in [2.75, 3.05) is 0 Å². The van der Waals surface area contributed by atoms with Crippen molar-refractivity contribution in [1.82, 2.24) is 4.98 Å². The molecule has 0 saturated heterocycles. The van der Waals surface area contributed by atoms with E-state index in [0.29, 0.717) is 5.69 Å². The summed E-state index contributed by atoms with van der Waals surface area (Å²) in [5.74, 6) is 2.50. The van der Waals surface area contributed by atoms with Gasteiger partial charge in [-0.2, -0.15) is 0 Å². The summed E-state index contributed by atoms with van der Waals surface area (Å²) in [6, 6.07) is 1.91. The highest BCUT2D eigenvalue weighted by Crippen LogP contribution is 2.11. The van der Waals surface area contributed by atoms with Crippen molar-refractivity contribution >= 4 is 6.08 Å². The Kier molecular flexibility index (Phi) is 2.08. The molecule has 0 aliphatic carbocycles. The molecule has 0 unspecified atom stereocenters. The summed E-state index contributed by atoms with van der Waals surface area (Å²) < 4.78 is 0. The Bertz CT molecular complexity index is 318. The van der Waals surface area contributed by atoms with Gasteiger partial charge in [0.2, 0.25) is 0 Å². The van der Waals surface area contributed by atoms with Gasteiger partial charge in [-0.3, -0.25) is 0 Å². The van der Waals surface area contributed by atoms with Crippen LogP contribution in [0.1, 0.15) is 16.8 Å². The zero-order valence-electron chi connectivity index (χ0n) is 6.46. The number of nitrogens with zero attached hydrogens (tertiary/aromatic N) is 1. The van der Waals surface area contributed by atoms with E-state index in [9.17, 15) is 0 Å². The van der Waals surface area contributed by atoms with Gasteiger partial charge >= 0.3 is 0 Å². The maximum absolute atomic E-state index is 5.23. The fraction of sp³-hybridized carbons (Fsp3) is 0.100. The first-order valence-corrected chi connectivity index (χ1v) is 3.34. The van der Waals surface area contributed by atoms with E-state index in [1.165, 1.54) is 0 Å². The summed E-state index contributed by atoms with van der Waals surface area (Å²) >= 11 is 0. The second-order valence-electron chi connectivity index (χ2n) is 2.24. The summed E-state index contributed by atoms with van der Waals surface area (Å²) in [7, 11) is 0. The number of hydrogen-bond acceptors (Lipinski definition) is 1. The van der Waals surface area contributed by atoms with Crippen molar-refractivity contribution in [3.63, 3.8) is 0 Å². The summed E-state index contributed by atoms with van der Waals surface area (Å²) in [6.45, 7) is 5.65. The van der Waals surface area contributed by atoms with Gasteiger partial charge in [0.25, 0.3) is 0 Å². The summed E-state index contributed by atoms with van der Waals surface area (Å²) in [5, 5.41) is 0. The molecule has 0 amide bonds. The molecular formula is C10H9N.